The van der Waals surface area contributed by atoms with Crippen molar-refractivity contribution in [2.45, 2.75) is 12.8 Å². The zero-order valence-corrected chi connectivity index (χ0v) is 11.8. The Kier molecular flexibility index (Phi) is 5.86. The van der Waals surface area contributed by atoms with Gasteiger partial charge in [0.1, 0.15) is 9.21 Å². The van der Waals surface area contributed by atoms with Crippen LogP contribution in [0.3, 0.4) is 0 Å². The summed E-state index contributed by atoms with van der Waals surface area (Å²) in [5.74, 6) is 0.319. The molecular weight excluding hydrogens is 342 g/mol. The molecule has 1 aromatic heterocycles. The molecule has 0 saturated heterocycles. The molecule has 1 aromatic rings. The predicted molar refractivity (Wildman–Crippen MR) is 67.2 cm³/mol. The average Bonchev–Trinajstić information content (AvgIpc) is 2.23. The highest BCUT2D eigenvalue weighted by Crippen LogP contribution is 2.19. The van der Waals surface area contributed by atoms with Crippen LogP contribution in [0.1, 0.15) is 12.8 Å². The highest BCUT2D eigenvalue weighted by atomic mass is 79.9. The van der Waals surface area contributed by atoms with Gasteiger partial charge in [0.05, 0.1) is 6.20 Å². The van der Waals surface area contributed by atoms with E-state index in [2.05, 4.69) is 47.1 Å². The molecule has 16 heavy (non-hydrogen) atoms. The molecule has 1 rings (SSSR count). The third kappa shape index (κ3) is 4.54. The van der Waals surface area contributed by atoms with Crippen LogP contribution < -0.4 is 5.32 Å². The average molecular weight is 353 g/mol. The van der Waals surface area contributed by atoms with Gasteiger partial charge in [0, 0.05) is 20.1 Å². The Morgan fingerprint density at radius 1 is 1.56 bits per heavy atom. The number of methoxy groups -OCH3 is 1. The SMILES string of the molecule is COCCCC(=O)Nc1ncc(Br)nc1Br. The van der Waals surface area contributed by atoms with Gasteiger partial charge in [-0.25, -0.2) is 9.97 Å². The van der Waals surface area contributed by atoms with Crippen molar-refractivity contribution >= 4 is 43.6 Å². The summed E-state index contributed by atoms with van der Waals surface area (Å²) in [5.41, 5.74) is 0. The number of nitrogens with zero attached hydrogens (tertiary/aromatic N) is 2. The number of ether oxygens (including phenoxy) is 1. The Balaban J connectivity index is 2.49. The quantitative estimate of drug-likeness (QED) is 0.826. The van der Waals surface area contributed by atoms with Gasteiger partial charge >= 0.3 is 0 Å². The number of hydrogen-bond donors (Lipinski definition) is 1. The first-order valence-corrected chi connectivity index (χ1v) is 6.19. The van der Waals surface area contributed by atoms with Crippen LogP contribution in [0.4, 0.5) is 5.82 Å². The number of rotatable bonds is 5. The molecule has 0 bridgehead atoms. The molecule has 0 saturated carbocycles. The molecular formula is C9H11Br2N3O2. The number of amides is 1. The van der Waals surface area contributed by atoms with Gasteiger partial charge in [0.25, 0.3) is 0 Å². The number of hydrogen-bond acceptors (Lipinski definition) is 4. The van der Waals surface area contributed by atoms with E-state index in [1.807, 2.05) is 0 Å². The van der Waals surface area contributed by atoms with Crippen LogP contribution in [-0.4, -0.2) is 29.6 Å². The van der Waals surface area contributed by atoms with Crippen molar-refractivity contribution < 1.29 is 9.53 Å². The van der Waals surface area contributed by atoms with Crippen molar-refractivity contribution in [3.05, 3.63) is 15.4 Å². The summed E-state index contributed by atoms with van der Waals surface area (Å²) in [4.78, 5) is 19.5. The van der Waals surface area contributed by atoms with E-state index in [0.29, 0.717) is 34.5 Å². The number of aromatic nitrogens is 2. The van der Waals surface area contributed by atoms with Gasteiger partial charge in [-0.2, -0.15) is 0 Å². The Labute approximate surface area is 110 Å². The maximum atomic E-state index is 11.5. The third-order valence-corrected chi connectivity index (χ3v) is 2.65. The maximum absolute atomic E-state index is 11.5. The number of carbonyl (C=O) groups is 1. The summed E-state index contributed by atoms with van der Waals surface area (Å²) in [6, 6.07) is 0. The lowest BCUT2D eigenvalue weighted by Gasteiger charge is -2.05. The summed E-state index contributed by atoms with van der Waals surface area (Å²) >= 11 is 6.40. The molecule has 1 N–H and O–H groups in total. The second-order valence-corrected chi connectivity index (χ2v) is 4.54. The monoisotopic (exact) mass is 351 g/mol. The van der Waals surface area contributed by atoms with Crippen LogP contribution >= 0.6 is 31.9 Å². The Hall–Kier alpha value is -0.530. The Morgan fingerprint density at radius 2 is 2.31 bits per heavy atom. The number of nitrogens with one attached hydrogen (secondary N) is 1. The highest BCUT2D eigenvalue weighted by Gasteiger charge is 2.07. The second kappa shape index (κ2) is 6.93. The molecule has 0 atom stereocenters. The molecule has 5 nitrogen and oxygen atoms in total. The van der Waals surface area contributed by atoms with Crippen molar-refractivity contribution in [2.24, 2.45) is 0 Å². The molecule has 88 valence electrons. The van der Waals surface area contributed by atoms with Crippen molar-refractivity contribution in [1.29, 1.82) is 0 Å². The number of halogens is 2. The molecule has 1 heterocycles. The van der Waals surface area contributed by atoms with Crippen molar-refractivity contribution in [3.63, 3.8) is 0 Å². The molecule has 0 aliphatic rings. The fraction of sp³-hybridized carbons (Fsp3) is 0.444. The fourth-order valence-corrected chi connectivity index (χ4v) is 1.91. The van der Waals surface area contributed by atoms with Crippen LogP contribution in [0.25, 0.3) is 0 Å². The Bertz CT molecular complexity index is 374. The lowest BCUT2D eigenvalue weighted by Crippen LogP contribution is -2.14. The second-order valence-electron chi connectivity index (χ2n) is 2.98. The van der Waals surface area contributed by atoms with Crippen molar-refractivity contribution in [2.75, 3.05) is 19.0 Å². The highest BCUT2D eigenvalue weighted by molar-refractivity contribution is 9.11. The molecule has 0 radical (unpaired) electrons. The minimum atomic E-state index is -0.102. The lowest BCUT2D eigenvalue weighted by atomic mass is 10.3. The van der Waals surface area contributed by atoms with E-state index in [1.54, 1.807) is 7.11 Å². The standard InChI is InChI=1S/C9H11Br2N3O2/c1-16-4-2-3-7(15)14-9-8(11)13-6(10)5-12-9/h5H,2-4H2,1H3,(H,12,14,15). The zero-order valence-electron chi connectivity index (χ0n) is 8.67. The topological polar surface area (TPSA) is 64.1 Å². The first-order chi connectivity index (χ1) is 7.63. The predicted octanol–water partition coefficient (Wildman–Crippen LogP) is 2.37. The van der Waals surface area contributed by atoms with Crippen molar-refractivity contribution in [3.8, 4) is 0 Å². The normalized spacial score (nSPS) is 10.2. The van der Waals surface area contributed by atoms with Crippen LogP contribution in [0, 0.1) is 0 Å². The zero-order chi connectivity index (χ0) is 12.0. The number of anilines is 1. The smallest absolute Gasteiger partial charge is 0.225 e. The van der Waals surface area contributed by atoms with Gasteiger partial charge < -0.3 is 10.1 Å². The van der Waals surface area contributed by atoms with Crippen LogP contribution in [0.2, 0.25) is 0 Å². The van der Waals surface area contributed by atoms with E-state index in [0.717, 1.165) is 0 Å². The third-order valence-electron chi connectivity index (χ3n) is 1.71. The van der Waals surface area contributed by atoms with Gasteiger partial charge in [0.15, 0.2) is 5.82 Å². The first-order valence-electron chi connectivity index (χ1n) is 4.60. The van der Waals surface area contributed by atoms with E-state index < -0.39 is 0 Å². The molecule has 0 unspecified atom stereocenters. The van der Waals surface area contributed by atoms with E-state index in [1.165, 1.54) is 6.20 Å². The molecule has 0 spiro atoms. The van der Waals surface area contributed by atoms with Crippen LogP contribution in [0.15, 0.2) is 15.4 Å². The van der Waals surface area contributed by atoms with E-state index in [9.17, 15) is 4.79 Å². The van der Waals surface area contributed by atoms with Gasteiger partial charge in [-0.1, -0.05) is 0 Å². The largest absolute Gasteiger partial charge is 0.385 e. The van der Waals surface area contributed by atoms with Crippen LogP contribution in [0.5, 0.6) is 0 Å². The minimum Gasteiger partial charge on any atom is -0.385 e. The van der Waals surface area contributed by atoms with E-state index in [4.69, 9.17) is 4.74 Å². The summed E-state index contributed by atoms with van der Waals surface area (Å²) in [7, 11) is 1.61. The summed E-state index contributed by atoms with van der Waals surface area (Å²) < 4.78 is 5.97. The molecule has 1 amide bonds. The van der Waals surface area contributed by atoms with Gasteiger partial charge in [-0.05, 0) is 38.3 Å². The van der Waals surface area contributed by atoms with Crippen molar-refractivity contribution in [1.82, 2.24) is 9.97 Å². The van der Waals surface area contributed by atoms with Gasteiger partial charge in [0.2, 0.25) is 5.91 Å². The minimum absolute atomic E-state index is 0.102. The maximum Gasteiger partial charge on any atom is 0.225 e. The van der Waals surface area contributed by atoms with Gasteiger partial charge in [-0.3, -0.25) is 4.79 Å². The van der Waals surface area contributed by atoms with Gasteiger partial charge in [-0.15, -0.1) is 0 Å². The number of carbonyl (C=O) groups excluding carboxylic acids is 1. The molecule has 0 aliphatic carbocycles. The Morgan fingerprint density at radius 3 is 2.94 bits per heavy atom. The summed E-state index contributed by atoms with van der Waals surface area (Å²) in [5, 5.41) is 2.66. The summed E-state index contributed by atoms with van der Waals surface area (Å²) in [6.07, 6.45) is 2.61. The fourth-order valence-electron chi connectivity index (χ4n) is 1.00. The lowest BCUT2D eigenvalue weighted by molar-refractivity contribution is -0.116. The molecule has 0 fully saturated rings. The van der Waals surface area contributed by atoms with E-state index >= 15 is 0 Å². The van der Waals surface area contributed by atoms with Crippen LogP contribution in [-0.2, 0) is 9.53 Å². The van der Waals surface area contributed by atoms with E-state index in [-0.39, 0.29) is 5.91 Å². The summed E-state index contributed by atoms with van der Waals surface area (Å²) in [6.45, 7) is 0.570. The molecule has 0 aliphatic heterocycles. The molecule has 7 heteroatoms. The molecule has 0 aromatic carbocycles. The first kappa shape index (κ1) is 13.5.